The minimum atomic E-state index is -0.914. The Kier molecular flexibility index (Phi) is 16.4. The molecule has 6 aromatic rings. The molecule has 17 heteroatoms. The molecule has 0 bridgehead atoms. The molecule has 0 aliphatic carbocycles. The first-order valence-corrected chi connectivity index (χ1v) is 20.9. The lowest BCUT2D eigenvalue weighted by atomic mass is 10.2. The molecule has 5 N–H and O–H groups in total. The van der Waals surface area contributed by atoms with Crippen LogP contribution < -0.4 is 20.4 Å². The SMILES string of the molecule is CCN(CC)c1cccc2nc(Nc3ccc(Cl)cc3Cl)n(CC(O)CO)c12.CCN(CC)c1cccc2nc(Nc3ccc(Cl)cc3Cl)n(CC(O)COC(C)=O)c12. The van der Waals surface area contributed by atoms with Gasteiger partial charge in [-0.2, -0.15) is 0 Å². The van der Waals surface area contributed by atoms with E-state index in [4.69, 9.17) is 61.1 Å². The van der Waals surface area contributed by atoms with Crippen molar-refractivity contribution in [2.75, 3.05) is 59.8 Å². The summed E-state index contributed by atoms with van der Waals surface area (Å²) in [6, 6.07) is 22.2. The monoisotopic (exact) mass is 886 g/mol. The summed E-state index contributed by atoms with van der Waals surface area (Å²) in [4.78, 5) is 25.1. The number of para-hydroxylation sites is 2. The molecule has 0 fully saturated rings. The first kappa shape index (κ1) is 45.6. The number of halogens is 4. The summed E-state index contributed by atoms with van der Waals surface area (Å²) < 4.78 is 8.76. The van der Waals surface area contributed by atoms with Gasteiger partial charge in [0.1, 0.15) is 12.7 Å². The van der Waals surface area contributed by atoms with Gasteiger partial charge in [-0.05, 0) is 88.4 Å². The lowest BCUT2D eigenvalue weighted by Crippen LogP contribution is -2.26. The molecule has 2 heterocycles. The summed E-state index contributed by atoms with van der Waals surface area (Å²) in [5.74, 6) is 0.608. The lowest BCUT2D eigenvalue weighted by molar-refractivity contribution is -0.144. The Labute approximate surface area is 364 Å². The van der Waals surface area contributed by atoms with Gasteiger partial charge >= 0.3 is 5.97 Å². The standard InChI is InChI=1S/C22H26Cl2N4O3.C20H24Cl2N4O2/c1-4-27(5-2)20-8-6-7-19-21(20)28(12-16(30)13-31-14(3)29)22(26-19)25-18-10-9-15(23)11-17(18)24;1-3-25(4-2)18-7-5-6-17-19(18)26(11-14(28)12-27)20(24-17)23-16-9-8-13(21)10-15(16)22/h6-11,16,30H,4-5,12-13H2,1-3H3,(H,25,26);5-10,14,27-28H,3-4,11-12H2,1-2H3,(H,23,24). The quantitative estimate of drug-likeness (QED) is 0.0558. The maximum atomic E-state index is 11.2. The molecule has 2 unspecified atom stereocenters. The van der Waals surface area contributed by atoms with Crippen molar-refractivity contribution in [2.24, 2.45) is 0 Å². The fourth-order valence-electron chi connectivity index (χ4n) is 6.69. The number of anilines is 6. The number of hydrogen-bond acceptors (Lipinski definition) is 11. The fourth-order valence-corrected chi connectivity index (χ4v) is 7.60. The van der Waals surface area contributed by atoms with Gasteiger partial charge in [0.05, 0.1) is 80.7 Å². The number of aromatic nitrogens is 4. The zero-order valence-electron chi connectivity index (χ0n) is 33.6. The molecule has 0 aliphatic rings. The van der Waals surface area contributed by atoms with Crippen molar-refractivity contribution >= 4 is 109 Å². The second-order valence-electron chi connectivity index (χ2n) is 13.5. The molecule has 6 rings (SSSR count). The number of hydrogen-bond donors (Lipinski definition) is 5. The molecule has 0 aliphatic heterocycles. The zero-order valence-corrected chi connectivity index (χ0v) is 36.6. The van der Waals surface area contributed by atoms with Crippen molar-refractivity contribution in [1.82, 2.24) is 19.1 Å². The Morgan fingerprint density at radius 2 is 1.12 bits per heavy atom. The number of nitrogens with zero attached hydrogens (tertiary/aromatic N) is 6. The summed E-state index contributed by atoms with van der Waals surface area (Å²) in [7, 11) is 0. The maximum absolute atomic E-state index is 11.2. The molecular weight excluding hydrogens is 838 g/mol. The molecule has 4 aromatic carbocycles. The highest BCUT2D eigenvalue weighted by Gasteiger charge is 2.22. The highest BCUT2D eigenvalue weighted by molar-refractivity contribution is 6.37. The number of fused-ring (bicyclic) bond motifs is 2. The second kappa shape index (κ2) is 21.2. The smallest absolute Gasteiger partial charge is 0.302 e. The van der Waals surface area contributed by atoms with Crippen LogP contribution in [0.15, 0.2) is 72.8 Å². The molecule has 0 amide bonds. The van der Waals surface area contributed by atoms with Gasteiger partial charge in [-0.3, -0.25) is 4.79 Å². The third-order valence-electron chi connectivity index (χ3n) is 9.53. The first-order chi connectivity index (χ1) is 28.3. The van der Waals surface area contributed by atoms with Crippen LogP contribution in [-0.4, -0.2) is 92.0 Å². The number of aliphatic hydroxyl groups is 3. The zero-order chi connectivity index (χ0) is 42.8. The van der Waals surface area contributed by atoms with Crippen molar-refractivity contribution in [3.05, 3.63) is 92.9 Å². The normalized spacial score (nSPS) is 12.2. The molecule has 13 nitrogen and oxygen atoms in total. The Morgan fingerprint density at radius 3 is 1.49 bits per heavy atom. The Bertz CT molecular complexity index is 2350. The van der Waals surface area contributed by atoms with Crippen LogP contribution >= 0.6 is 46.4 Å². The van der Waals surface area contributed by atoms with Gasteiger partial charge in [-0.25, -0.2) is 9.97 Å². The molecule has 2 atom stereocenters. The van der Waals surface area contributed by atoms with E-state index < -0.39 is 18.2 Å². The number of imidazole rings is 2. The Balaban J connectivity index is 0.000000225. The second-order valence-corrected chi connectivity index (χ2v) is 15.2. The molecule has 0 saturated heterocycles. The maximum Gasteiger partial charge on any atom is 0.302 e. The van der Waals surface area contributed by atoms with Crippen molar-refractivity contribution in [1.29, 1.82) is 0 Å². The van der Waals surface area contributed by atoms with E-state index in [0.717, 1.165) is 59.6 Å². The van der Waals surface area contributed by atoms with Crippen molar-refractivity contribution < 1.29 is 24.9 Å². The van der Waals surface area contributed by atoms with Crippen LogP contribution in [0.25, 0.3) is 22.1 Å². The number of aliphatic hydroxyl groups excluding tert-OH is 3. The van der Waals surface area contributed by atoms with Gasteiger partial charge in [0.25, 0.3) is 0 Å². The molecule has 316 valence electrons. The Morgan fingerprint density at radius 1 is 0.695 bits per heavy atom. The van der Waals surface area contributed by atoms with Crippen LogP contribution in [0.3, 0.4) is 0 Å². The van der Waals surface area contributed by atoms with E-state index in [1.165, 1.54) is 6.92 Å². The number of ether oxygens (including phenoxy) is 1. The molecule has 0 spiro atoms. The number of nitrogens with one attached hydrogen (secondary N) is 2. The lowest BCUT2D eigenvalue weighted by Gasteiger charge is -2.23. The van der Waals surface area contributed by atoms with Crippen molar-refractivity contribution in [3.63, 3.8) is 0 Å². The van der Waals surface area contributed by atoms with Gasteiger partial charge in [-0.1, -0.05) is 58.5 Å². The average molecular weight is 889 g/mol. The van der Waals surface area contributed by atoms with E-state index in [9.17, 15) is 20.1 Å². The fraction of sp³-hybridized carbons (Fsp3) is 0.357. The molecular formula is C42H50Cl4N8O5. The number of esters is 1. The predicted molar refractivity (Wildman–Crippen MR) is 242 cm³/mol. The van der Waals surface area contributed by atoms with Gasteiger partial charge in [0.2, 0.25) is 11.9 Å². The molecule has 59 heavy (non-hydrogen) atoms. The topological polar surface area (TPSA) is 153 Å². The summed E-state index contributed by atoms with van der Waals surface area (Å²) in [5, 5.41) is 38.6. The Hall–Kier alpha value is -4.47. The summed E-state index contributed by atoms with van der Waals surface area (Å²) >= 11 is 24.7. The highest BCUT2D eigenvalue weighted by atomic mass is 35.5. The molecule has 2 aromatic heterocycles. The third kappa shape index (κ3) is 11.2. The van der Waals surface area contributed by atoms with Crippen molar-refractivity contribution in [3.8, 4) is 0 Å². The van der Waals surface area contributed by atoms with Gasteiger partial charge in [0.15, 0.2) is 0 Å². The minimum absolute atomic E-state index is 0.108. The number of carbonyl (C=O) groups excluding carboxylic acids is 1. The van der Waals surface area contributed by atoms with Gasteiger partial charge < -0.3 is 49.6 Å². The first-order valence-electron chi connectivity index (χ1n) is 19.3. The third-order valence-corrected chi connectivity index (χ3v) is 10.6. The van der Waals surface area contributed by atoms with Gasteiger partial charge in [-0.15, -0.1) is 0 Å². The van der Waals surface area contributed by atoms with E-state index in [-0.39, 0.29) is 26.3 Å². The summed E-state index contributed by atoms with van der Waals surface area (Å²) in [6.45, 7) is 12.9. The van der Waals surface area contributed by atoms with Crippen LogP contribution in [-0.2, 0) is 22.6 Å². The van der Waals surface area contributed by atoms with Crippen LogP contribution in [0.2, 0.25) is 20.1 Å². The van der Waals surface area contributed by atoms with Crippen molar-refractivity contribution in [2.45, 2.75) is 59.9 Å². The largest absolute Gasteiger partial charge is 0.463 e. The van der Waals surface area contributed by atoms with E-state index in [1.807, 2.05) is 45.5 Å². The van der Waals surface area contributed by atoms with Crippen LogP contribution in [0.1, 0.15) is 34.6 Å². The molecule has 0 saturated carbocycles. The number of benzene rings is 4. The van der Waals surface area contributed by atoms with E-state index in [0.29, 0.717) is 43.4 Å². The number of carbonyl (C=O) groups is 1. The summed E-state index contributed by atoms with van der Waals surface area (Å²) in [5.41, 5.74) is 6.66. The van der Waals surface area contributed by atoms with E-state index >= 15 is 0 Å². The number of rotatable bonds is 17. The average Bonchev–Trinajstić information content (AvgIpc) is 3.74. The molecule has 0 radical (unpaired) electrons. The van der Waals surface area contributed by atoms with Crippen LogP contribution in [0.4, 0.5) is 34.6 Å². The highest BCUT2D eigenvalue weighted by Crippen LogP contribution is 2.35. The summed E-state index contributed by atoms with van der Waals surface area (Å²) in [6.07, 6.45) is -1.82. The van der Waals surface area contributed by atoms with Crippen LogP contribution in [0.5, 0.6) is 0 Å². The van der Waals surface area contributed by atoms with E-state index in [2.05, 4.69) is 48.1 Å². The van der Waals surface area contributed by atoms with E-state index in [1.54, 1.807) is 36.4 Å². The van der Waals surface area contributed by atoms with Crippen LogP contribution in [0, 0.1) is 0 Å². The predicted octanol–water partition coefficient (Wildman–Crippen LogP) is 9.14. The minimum Gasteiger partial charge on any atom is -0.463 e. The van der Waals surface area contributed by atoms with Gasteiger partial charge in [0, 0.05) is 43.1 Å².